The molecule has 0 unspecified atom stereocenters. The van der Waals surface area contributed by atoms with Crippen LogP contribution in [-0.4, -0.2) is 32.2 Å². The number of rotatable bonds is 5. The Kier molecular flexibility index (Phi) is 3.22. The highest BCUT2D eigenvalue weighted by molar-refractivity contribution is 5.81. The second-order valence-corrected chi connectivity index (χ2v) is 4.78. The number of amides is 1. The van der Waals surface area contributed by atoms with Crippen molar-refractivity contribution >= 4 is 5.91 Å². The summed E-state index contributed by atoms with van der Waals surface area (Å²) in [5, 5.41) is 14.1. The molecule has 0 spiro atoms. The summed E-state index contributed by atoms with van der Waals surface area (Å²) in [4.78, 5) is 12.3. The number of aromatic nitrogens is 4. The minimum atomic E-state index is -0.391. The van der Waals surface area contributed by atoms with Gasteiger partial charge in [-0.2, -0.15) is 0 Å². The molecule has 19 heavy (non-hydrogen) atoms. The Morgan fingerprint density at radius 2 is 2.16 bits per heavy atom. The lowest BCUT2D eigenvalue weighted by molar-refractivity contribution is -0.124. The summed E-state index contributed by atoms with van der Waals surface area (Å²) in [5.74, 6) is -0.0151. The third kappa shape index (κ3) is 2.96. The van der Waals surface area contributed by atoms with Crippen molar-refractivity contribution in [2.75, 3.05) is 0 Å². The maximum absolute atomic E-state index is 12.3. The van der Waals surface area contributed by atoms with E-state index in [1.54, 1.807) is 0 Å². The zero-order valence-electron chi connectivity index (χ0n) is 10.4. The van der Waals surface area contributed by atoms with E-state index in [4.69, 9.17) is 0 Å². The van der Waals surface area contributed by atoms with Crippen LogP contribution in [0.5, 0.6) is 0 Å². The van der Waals surface area contributed by atoms with Crippen molar-refractivity contribution in [3.8, 4) is 0 Å². The molecule has 98 valence electrons. The third-order valence-electron chi connectivity index (χ3n) is 3.18. The predicted octanol–water partition coefficient (Wildman–Crippen LogP) is 0.735. The molecule has 6 heteroatoms. The van der Waals surface area contributed by atoms with Crippen LogP contribution in [0.4, 0.5) is 0 Å². The molecule has 1 aliphatic carbocycles. The van der Waals surface area contributed by atoms with Gasteiger partial charge >= 0.3 is 0 Å². The summed E-state index contributed by atoms with van der Waals surface area (Å²) in [7, 11) is 0. The fourth-order valence-corrected chi connectivity index (χ4v) is 1.98. The quantitative estimate of drug-likeness (QED) is 0.857. The smallest absolute Gasteiger partial charge is 0.245 e. The Labute approximate surface area is 110 Å². The first-order valence-corrected chi connectivity index (χ1v) is 6.40. The number of nitrogens with one attached hydrogen (secondary N) is 1. The summed E-state index contributed by atoms with van der Waals surface area (Å²) >= 11 is 0. The van der Waals surface area contributed by atoms with E-state index in [0.29, 0.717) is 12.5 Å². The van der Waals surface area contributed by atoms with Crippen LogP contribution < -0.4 is 5.32 Å². The molecule has 1 aromatic heterocycles. The van der Waals surface area contributed by atoms with Gasteiger partial charge in [0.2, 0.25) is 5.91 Å². The van der Waals surface area contributed by atoms with E-state index in [0.717, 1.165) is 18.4 Å². The van der Waals surface area contributed by atoms with Crippen molar-refractivity contribution in [3.63, 3.8) is 0 Å². The molecule has 1 amide bonds. The molecule has 1 aliphatic rings. The molecule has 0 bridgehead atoms. The van der Waals surface area contributed by atoms with E-state index in [1.807, 2.05) is 30.3 Å². The first-order chi connectivity index (χ1) is 9.33. The lowest BCUT2D eigenvalue weighted by Gasteiger charge is -2.16. The van der Waals surface area contributed by atoms with Crippen LogP contribution >= 0.6 is 0 Å². The lowest BCUT2D eigenvalue weighted by Crippen LogP contribution is -2.35. The van der Waals surface area contributed by atoms with Gasteiger partial charge in [0.15, 0.2) is 0 Å². The molecule has 1 aromatic carbocycles. The molecule has 1 heterocycles. The van der Waals surface area contributed by atoms with Crippen molar-refractivity contribution in [2.45, 2.75) is 31.3 Å². The van der Waals surface area contributed by atoms with Gasteiger partial charge in [0.1, 0.15) is 12.4 Å². The summed E-state index contributed by atoms with van der Waals surface area (Å²) < 4.78 is 1.52. The minimum Gasteiger partial charge on any atom is -0.351 e. The van der Waals surface area contributed by atoms with E-state index >= 15 is 0 Å². The Morgan fingerprint density at radius 1 is 1.37 bits per heavy atom. The number of hydrogen-bond donors (Lipinski definition) is 1. The summed E-state index contributed by atoms with van der Waals surface area (Å²) in [6.07, 6.45) is 4.21. The van der Waals surface area contributed by atoms with Gasteiger partial charge in [-0.25, -0.2) is 4.68 Å². The number of hydrogen-bond acceptors (Lipinski definition) is 4. The van der Waals surface area contributed by atoms with Crippen molar-refractivity contribution in [1.29, 1.82) is 0 Å². The molecule has 0 radical (unpaired) electrons. The fraction of sp³-hybridized carbons (Fsp3) is 0.385. The van der Waals surface area contributed by atoms with Crippen LogP contribution in [0, 0.1) is 0 Å². The van der Waals surface area contributed by atoms with Crippen LogP contribution in [0.3, 0.4) is 0 Å². The molecular formula is C13H15N5O. The van der Waals surface area contributed by atoms with Crippen LogP contribution in [0.15, 0.2) is 36.7 Å². The van der Waals surface area contributed by atoms with Gasteiger partial charge in [0.25, 0.3) is 0 Å². The lowest BCUT2D eigenvalue weighted by atomic mass is 10.1. The van der Waals surface area contributed by atoms with Crippen LogP contribution in [0.1, 0.15) is 24.4 Å². The van der Waals surface area contributed by atoms with Crippen LogP contribution in [0.25, 0.3) is 0 Å². The van der Waals surface area contributed by atoms with Crippen molar-refractivity contribution in [1.82, 2.24) is 25.5 Å². The largest absolute Gasteiger partial charge is 0.351 e. The maximum Gasteiger partial charge on any atom is 0.245 e. The highest BCUT2D eigenvalue weighted by Gasteiger charge is 2.29. The number of nitrogens with zero attached hydrogens (tertiary/aromatic N) is 4. The van der Waals surface area contributed by atoms with E-state index in [9.17, 15) is 4.79 Å². The van der Waals surface area contributed by atoms with E-state index in [-0.39, 0.29) is 5.91 Å². The van der Waals surface area contributed by atoms with Gasteiger partial charge in [-0.3, -0.25) is 4.79 Å². The van der Waals surface area contributed by atoms with E-state index in [2.05, 4.69) is 20.8 Å². The van der Waals surface area contributed by atoms with Crippen LogP contribution in [-0.2, 0) is 11.2 Å². The molecule has 6 nitrogen and oxygen atoms in total. The number of carbonyl (C=O) groups is 1. The number of benzene rings is 1. The van der Waals surface area contributed by atoms with Gasteiger partial charge < -0.3 is 5.32 Å². The molecule has 1 atom stereocenters. The predicted molar refractivity (Wildman–Crippen MR) is 68.2 cm³/mol. The van der Waals surface area contributed by atoms with Crippen molar-refractivity contribution in [2.24, 2.45) is 0 Å². The second kappa shape index (κ2) is 5.17. The molecular weight excluding hydrogens is 242 g/mol. The fourth-order valence-electron chi connectivity index (χ4n) is 1.98. The zero-order valence-corrected chi connectivity index (χ0v) is 10.4. The first kappa shape index (κ1) is 11.8. The molecule has 1 saturated carbocycles. The molecule has 0 saturated heterocycles. The van der Waals surface area contributed by atoms with Gasteiger partial charge in [0.05, 0.1) is 0 Å². The highest BCUT2D eigenvalue weighted by Crippen LogP contribution is 2.21. The van der Waals surface area contributed by atoms with Crippen molar-refractivity contribution in [3.05, 3.63) is 42.2 Å². The normalized spacial score (nSPS) is 16.0. The summed E-state index contributed by atoms with van der Waals surface area (Å²) in [5.41, 5.74) is 1.09. The molecule has 1 N–H and O–H groups in total. The maximum atomic E-state index is 12.3. The summed E-state index contributed by atoms with van der Waals surface area (Å²) in [6, 6.07) is 9.83. The Hall–Kier alpha value is -2.24. The van der Waals surface area contributed by atoms with Gasteiger partial charge in [-0.15, -0.1) is 5.10 Å². The average molecular weight is 257 g/mol. The Balaban J connectivity index is 1.77. The molecule has 0 aliphatic heterocycles. The Bertz CT molecular complexity index is 535. The topological polar surface area (TPSA) is 72.7 Å². The standard InChI is InChI=1S/C13H15N5O/c19-13(15-11-6-7-11)12(18-9-14-16-17-18)8-10-4-2-1-3-5-10/h1-5,9,11-12H,6-8H2,(H,15,19)/t12-/m1/s1. The van der Waals surface area contributed by atoms with Gasteiger partial charge in [-0.05, 0) is 28.8 Å². The van der Waals surface area contributed by atoms with E-state index in [1.165, 1.54) is 11.0 Å². The second-order valence-electron chi connectivity index (χ2n) is 4.78. The minimum absolute atomic E-state index is 0.0151. The first-order valence-electron chi connectivity index (χ1n) is 6.40. The Morgan fingerprint density at radius 3 is 2.79 bits per heavy atom. The number of tetrazole rings is 1. The molecule has 2 aromatic rings. The average Bonchev–Trinajstić information content (AvgIpc) is 3.08. The SMILES string of the molecule is O=C(NC1CC1)[C@@H](Cc1ccccc1)n1cnnn1. The van der Waals surface area contributed by atoms with Gasteiger partial charge in [-0.1, -0.05) is 30.3 Å². The highest BCUT2D eigenvalue weighted by atomic mass is 16.2. The van der Waals surface area contributed by atoms with Gasteiger partial charge in [0, 0.05) is 12.5 Å². The molecule has 1 fully saturated rings. The van der Waals surface area contributed by atoms with E-state index < -0.39 is 6.04 Å². The third-order valence-corrected chi connectivity index (χ3v) is 3.18. The van der Waals surface area contributed by atoms with Crippen LogP contribution in [0.2, 0.25) is 0 Å². The summed E-state index contributed by atoms with van der Waals surface area (Å²) in [6.45, 7) is 0. The molecule has 3 rings (SSSR count). The monoisotopic (exact) mass is 257 g/mol. The van der Waals surface area contributed by atoms with Crippen molar-refractivity contribution < 1.29 is 4.79 Å². The number of carbonyl (C=O) groups excluding carboxylic acids is 1. The zero-order chi connectivity index (χ0) is 13.1.